The van der Waals surface area contributed by atoms with Crippen molar-refractivity contribution in [2.75, 3.05) is 20.2 Å². The van der Waals surface area contributed by atoms with Crippen molar-refractivity contribution >= 4 is 47.2 Å². The van der Waals surface area contributed by atoms with Crippen molar-refractivity contribution in [3.63, 3.8) is 0 Å². The molecule has 21 nitrogen and oxygen atoms in total. The lowest BCUT2D eigenvalue weighted by atomic mass is 9.84. The first kappa shape index (κ1) is 59.2. The summed E-state index contributed by atoms with van der Waals surface area (Å²) < 4.78 is 74.6. The van der Waals surface area contributed by atoms with Gasteiger partial charge in [0, 0.05) is 83.2 Å². The molecule has 446 valence electrons. The normalized spacial score (nSPS) is 23.6. The number of halogens is 4. The van der Waals surface area contributed by atoms with Crippen LogP contribution in [0, 0.1) is 35.1 Å². The Labute approximate surface area is 476 Å². The standard InChI is InChI=1S/C29H32F2N4O7.C29H32F2N4O6.2H2/c1-5-15(2)28(39)41-25-23-27(38)34-14-21(29(9-8-16(34)3)11-22(40-4)33-42-29)35(23)13-19(24(25)36)26(37)32-12-17-6-7-18(30)10-20(17)31;1-5-15(2)28(39)40-25-23-27(38)34-14-22(29(9-8-17(34)4)11-16(3)33-41-29)35(23)13-20(24(25)36)26(37)32-12-18-6-7-19(30)10-21(18)31;;/h6-7,10,13,15-16,21H,5,8-9,11-12,14H2,1-4H3,(H,32,37);6-7,10,13,15,17,22H,5,8-9,11-12,14H2,1-4H3,(H,32,37);2*1H/t15?,16-,21+,29-;15?,17-,22+,29-;;/m00../s1. The number of esters is 2. The third-order valence-electron chi connectivity index (χ3n) is 16.8. The summed E-state index contributed by atoms with van der Waals surface area (Å²) in [5.74, 6) is -9.40. The molecule has 2 saturated heterocycles. The topological polar surface area (TPSA) is 248 Å². The Kier molecular flexibility index (Phi) is 16.8. The van der Waals surface area contributed by atoms with Gasteiger partial charge in [0.2, 0.25) is 28.3 Å². The van der Waals surface area contributed by atoms with E-state index in [0.29, 0.717) is 63.0 Å². The summed E-state index contributed by atoms with van der Waals surface area (Å²) in [4.78, 5) is 123. The second-order valence-electron chi connectivity index (χ2n) is 22.1. The van der Waals surface area contributed by atoms with Crippen molar-refractivity contribution in [3.05, 3.63) is 126 Å². The average molecular weight is 1160 g/mol. The second-order valence-corrected chi connectivity index (χ2v) is 22.1. The van der Waals surface area contributed by atoms with E-state index in [0.717, 1.165) is 17.8 Å². The van der Waals surface area contributed by atoms with E-state index < -0.39 is 127 Å². The molecule has 2 N–H and O–H groups in total. The quantitative estimate of drug-likeness (QED) is 0.103. The molecule has 0 saturated carbocycles. The molecular weight excluding hydrogens is 1090 g/mol. The second kappa shape index (κ2) is 23.5. The maximum atomic E-state index is 14.2. The van der Waals surface area contributed by atoms with E-state index in [1.807, 2.05) is 20.8 Å². The molecule has 6 aliphatic heterocycles. The summed E-state index contributed by atoms with van der Waals surface area (Å²) >= 11 is 0. The van der Waals surface area contributed by atoms with Gasteiger partial charge < -0.3 is 53.5 Å². The van der Waals surface area contributed by atoms with Gasteiger partial charge in [-0.3, -0.25) is 38.4 Å². The number of oxime groups is 2. The van der Waals surface area contributed by atoms with E-state index in [2.05, 4.69) is 20.9 Å². The minimum Gasteiger partial charge on any atom is -0.482 e. The first-order valence-electron chi connectivity index (χ1n) is 27.5. The van der Waals surface area contributed by atoms with Gasteiger partial charge in [-0.05, 0) is 71.4 Å². The minimum absolute atomic E-state index is 0. The Hall–Kier alpha value is -8.38. The Bertz CT molecular complexity index is 3530. The van der Waals surface area contributed by atoms with E-state index in [4.69, 9.17) is 23.9 Å². The van der Waals surface area contributed by atoms with Crippen LogP contribution in [0.5, 0.6) is 11.5 Å². The lowest BCUT2D eigenvalue weighted by Crippen LogP contribution is -2.52. The number of hydrogen-bond acceptors (Lipinski definition) is 15. The third-order valence-corrected chi connectivity index (χ3v) is 16.8. The summed E-state index contributed by atoms with van der Waals surface area (Å²) in [5.41, 5.74) is -4.07. The lowest BCUT2D eigenvalue weighted by molar-refractivity contribution is -0.139. The van der Waals surface area contributed by atoms with Gasteiger partial charge in [0.05, 0.1) is 43.2 Å². The van der Waals surface area contributed by atoms with Crippen LogP contribution >= 0.6 is 0 Å². The van der Waals surface area contributed by atoms with Crippen LogP contribution in [0.2, 0.25) is 0 Å². The number of nitrogens with zero attached hydrogens (tertiary/aromatic N) is 6. The molecule has 8 atom stereocenters. The molecule has 4 amide bonds. The first-order chi connectivity index (χ1) is 39.4. The van der Waals surface area contributed by atoms with Crippen LogP contribution in [-0.4, -0.2) is 110 Å². The zero-order valence-electron chi connectivity index (χ0n) is 47.1. The highest BCUT2D eigenvalue weighted by Crippen LogP contribution is 2.48. The molecule has 2 unspecified atom stereocenters. The highest BCUT2D eigenvalue weighted by molar-refractivity contribution is 6.01. The smallest absolute Gasteiger partial charge is 0.314 e. The molecule has 83 heavy (non-hydrogen) atoms. The van der Waals surface area contributed by atoms with Crippen LogP contribution in [0.1, 0.15) is 168 Å². The van der Waals surface area contributed by atoms with Crippen molar-refractivity contribution in [3.8, 4) is 11.5 Å². The summed E-state index contributed by atoms with van der Waals surface area (Å²) in [6.45, 7) is 12.2. The van der Waals surface area contributed by atoms with E-state index in [-0.39, 0.29) is 70.1 Å². The zero-order valence-corrected chi connectivity index (χ0v) is 47.1. The molecule has 2 aromatic carbocycles. The molecule has 25 heteroatoms. The highest BCUT2D eigenvalue weighted by atomic mass is 19.1. The van der Waals surface area contributed by atoms with Crippen molar-refractivity contribution in [2.24, 2.45) is 22.1 Å². The fraction of sp³-hybridized carbons (Fsp3) is 0.483. The molecule has 2 spiro atoms. The molecule has 0 aliphatic carbocycles. The van der Waals surface area contributed by atoms with Gasteiger partial charge >= 0.3 is 11.9 Å². The van der Waals surface area contributed by atoms with Crippen LogP contribution in [0.25, 0.3) is 0 Å². The zero-order chi connectivity index (χ0) is 60.0. The van der Waals surface area contributed by atoms with Gasteiger partial charge in [-0.25, -0.2) is 17.6 Å². The number of nitrogens with one attached hydrogen (secondary N) is 2. The predicted molar refractivity (Wildman–Crippen MR) is 293 cm³/mol. The molecule has 8 heterocycles. The third kappa shape index (κ3) is 11.2. The van der Waals surface area contributed by atoms with Gasteiger partial charge in [-0.2, -0.15) is 0 Å². The summed E-state index contributed by atoms with van der Waals surface area (Å²) in [6, 6.07) is 4.24. The van der Waals surface area contributed by atoms with E-state index in [1.54, 1.807) is 37.5 Å². The number of hydrogen-bond donors (Lipinski definition) is 2. The molecule has 0 radical (unpaired) electrons. The molecule has 2 aromatic heterocycles. The number of amides is 4. The average Bonchev–Trinajstić information content (AvgIpc) is 1.80. The molecule has 10 rings (SSSR count). The fourth-order valence-electron chi connectivity index (χ4n) is 11.2. The van der Waals surface area contributed by atoms with Gasteiger partial charge in [0.25, 0.3) is 23.6 Å². The molecule has 6 aliphatic rings. The Morgan fingerprint density at radius 1 is 0.687 bits per heavy atom. The Balaban J connectivity index is 0.000000238. The monoisotopic (exact) mass is 1160 g/mol. The number of carbonyl (C=O) groups excluding carboxylic acids is 6. The van der Waals surface area contributed by atoms with Crippen molar-refractivity contribution in [2.45, 2.75) is 148 Å². The van der Waals surface area contributed by atoms with Crippen LogP contribution in [0.15, 0.2) is 68.7 Å². The van der Waals surface area contributed by atoms with Crippen LogP contribution < -0.4 is 31.0 Å². The van der Waals surface area contributed by atoms with Crippen LogP contribution in [-0.2, 0) is 37.1 Å². The maximum Gasteiger partial charge on any atom is 0.314 e. The lowest BCUT2D eigenvalue weighted by Gasteiger charge is -2.42. The van der Waals surface area contributed by atoms with Crippen molar-refractivity contribution < 1.29 is 73.1 Å². The molecule has 2 fully saturated rings. The van der Waals surface area contributed by atoms with Crippen LogP contribution in [0.4, 0.5) is 17.6 Å². The Morgan fingerprint density at radius 2 is 1.11 bits per heavy atom. The number of methoxy groups -OCH3 is 1. The first-order valence-corrected chi connectivity index (χ1v) is 27.5. The van der Waals surface area contributed by atoms with Gasteiger partial charge in [-0.1, -0.05) is 50.1 Å². The van der Waals surface area contributed by atoms with Crippen molar-refractivity contribution in [1.82, 2.24) is 29.6 Å². The maximum absolute atomic E-state index is 14.2. The molecular formula is C58H68F4N8O13. The predicted octanol–water partition coefficient (Wildman–Crippen LogP) is 7.52. The van der Waals surface area contributed by atoms with Gasteiger partial charge in [0.1, 0.15) is 34.4 Å². The van der Waals surface area contributed by atoms with Crippen LogP contribution in [0.3, 0.4) is 0 Å². The number of fused-ring (bicyclic) bond motifs is 10. The summed E-state index contributed by atoms with van der Waals surface area (Å²) in [6.07, 6.45) is 6.35. The van der Waals surface area contributed by atoms with Gasteiger partial charge in [0.15, 0.2) is 22.6 Å². The molecule has 4 bridgehead atoms. The number of aromatic nitrogens is 2. The van der Waals surface area contributed by atoms with E-state index in [9.17, 15) is 55.9 Å². The highest BCUT2D eigenvalue weighted by Gasteiger charge is 2.56. The fourth-order valence-corrected chi connectivity index (χ4v) is 11.2. The molecule has 4 aromatic rings. The SMILES string of the molecule is CCC(C)C(=O)Oc1c2n(cc(C(=O)NCc3ccc(F)cc3F)c1=O)[C@@H]1CN(C2=O)[C@@H](C)CC[C@]12CC(C)=NO2.CCC(C)C(=O)Oc1c2n(cc(C(=O)NCc3ccc(F)cc3F)c1=O)[C@@H]1CN(C2=O)[C@@H](C)CC[C@]12CC(OC)=NO2.[HH].[HH]. The number of rotatable bonds is 12. The number of pyridine rings is 2. The van der Waals surface area contributed by atoms with Crippen molar-refractivity contribution in [1.29, 1.82) is 0 Å². The number of ether oxygens (including phenoxy) is 3. The number of benzene rings is 2. The minimum atomic E-state index is -0.970. The Morgan fingerprint density at radius 3 is 1.48 bits per heavy atom. The van der Waals surface area contributed by atoms with E-state index >= 15 is 0 Å². The summed E-state index contributed by atoms with van der Waals surface area (Å²) in [7, 11) is 1.47. The van der Waals surface area contributed by atoms with E-state index in [1.165, 1.54) is 40.8 Å². The van der Waals surface area contributed by atoms with Gasteiger partial charge in [-0.15, -0.1) is 0 Å². The largest absolute Gasteiger partial charge is 0.482 e. The number of carbonyl (C=O) groups is 6. The summed E-state index contributed by atoms with van der Waals surface area (Å²) in [5, 5.41) is 13.2.